The third kappa shape index (κ3) is 2.88. The number of hydrogen-bond acceptors (Lipinski definition) is 3. The summed E-state index contributed by atoms with van der Waals surface area (Å²) in [6, 6.07) is 11.2. The Balaban J connectivity index is 2.49. The molecular formula is C18H18N2O2. The Labute approximate surface area is 130 Å². The topological polar surface area (TPSA) is 87.1 Å². The van der Waals surface area contributed by atoms with Crippen LogP contribution in [0.4, 0.5) is 0 Å². The van der Waals surface area contributed by atoms with Crippen LogP contribution in [0.15, 0.2) is 42.0 Å². The van der Waals surface area contributed by atoms with Crippen molar-refractivity contribution in [3.8, 4) is 17.9 Å². The van der Waals surface area contributed by atoms with Crippen molar-refractivity contribution in [2.24, 2.45) is 11.1 Å². The van der Waals surface area contributed by atoms with Gasteiger partial charge in [0.1, 0.15) is 5.41 Å². The first-order chi connectivity index (χ1) is 10.5. The third-order valence-electron chi connectivity index (χ3n) is 3.95. The summed E-state index contributed by atoms with van der Waals surface area (Å²) in [5, 5.41) is 20.6. The molecule has 1 aliphatic carbocycles. The van der Waals surface area contributed by atoms with E-state index in [1.807, 2.05) is 13.0 Å². The number of rotatable bonds is 4. The van der Waals surface area contributed by atoms with Crippen molar-refractivity contribution < 1.29 is 9.90 Å². The molecule has 1 amide bonds. The highest BCUT2D eigenvalue weighted by atomic mass is 16.3. The standard InChI is InChI=1S/C18H18N2O2/c1-2-14(12-16(20)21)8-9-18(22,17(13-19)10-11-17)15-6-4-3-5-7-15/h3-7,12,22H,2,10-11H2,1H3,(H2,20,21)/b14-12+/t18-/m1/s1. The molecule has 3 N–H and O–H groups in total. The molecule has 1 aliphatic rings. The Morgan fingerprint density at radius 2 is 2.09 bits per heavy atom. The van der Waals surface area contributed by atoms with Gasteiger partial charge < -0.3 is 10.8 Å². The van der Waals surface area contributed by atoms with Crippen LogP contribution in [0.5, 0.6) is 0 Å². The van der Waals surface area contributed by atoms with Gasteiger partial charge in [0.15, 0.2) is 5.60 Å². The Kier molecular flexibility index (Phi) is 4.35. The third-order valence-corrected chi connectivity index (χ3v) is 3.95. The van der Waals surface area contributed by atoms with E-state index in [-0.39, 0.29) is 0 Å². The quantitative estimate of drug-likeness (QED) is 0.657. The van der Waals surface area contributed by atoms with Crippen molar-refractivity contribution in [2.75, 3.05) is 0 Å². The smallest absolute Gasteiger partial charge is 0.242 e. The summed E-state index contributed by atoms with van der Waals surface area (Å²) in [5.74, 6) is 5.09. The van der Waals surface area contributed by atoms with E-state index >= 15 is 0 Å². The van der Waals surface area contributed by atoms with Crippen LogP contribution in [-0.2, 0) is 10.4 Å². The Bertz CT molecular complexity index is 700. The number of hydrogen-bond donors (Lipinski definition) is 2. The molecule has 0 saturated heterocycles. The van der Waals surface area contributed by atoms with Crippen LogP contribution in [-0.4, -0.2) is 11.0 Å². The van der Waals surface area contributed by atoms with Crippen molar-refractivity contribution in [1.29, 1.82) is 5.26 Å². The van der Waals surface area contributed by atoms with Crippen molar-refractivity contribution in [1.82, 2.24) is 0 Å². The number of nitriles is 1. The summed E-state index contributed by atoms with van der Waals surface area (Å²) in [6.45, 7) is 1.85. The molecule has 1 aromatic carbocycles. The van der Waals surface area contributed by atoms with Gasteiger partial charge in [-0.15, -0.1) is 0 Å². The molecule has 4 nitrogen and oxygen atoms in total. The van der Waals surface area contributed by atoms with Crippen LogP contribution in [0, 0.1) is 28.6 Å². The highest BCUT2D eigenvalue weighted by Gasteiger charge is 2.60. The first-order valence-corrected chi connectivity index (χ1v) is 7.20. The molecule has 4 heteroatoms. The minimum atomic E-state index is -1.55. The Morgan fingerprint density at radius 3 is 2.55 bits per heavy atom. The molecule has 1 atom stereocenters. The van der Waals surface area contributed by atoms with Crippen LogP contribution in [0.2, 0.25) is 0 Å². The number of nitrogens with zero attached hydrogens (tertiary/aromatic N) is 1. The molecule has 0 heterocycles. The van der Waals surface area contributed by atoms with Crippen LogP contribution >= 0.6 is 0 Å². The zero-order chi connectivity index (χ0) is 16.2. The fourth-order valence-corrected chi connectivity index (χ4v) is 2.40. The lowest BCUT2D eigenvalue weighted by Crippen LogP contribution is -2.34. The SMILES string of the molecule is CC/C(C#C[C@@](O)(c1ccccc1)C1(C#N)CC1)=C\C(N)=O. The van der Waals surface area contributed by atoms with E-state index in [2.05, 4.69) is 17.9 Å². The molecule has 0 aliphatic heterocycles. The first kappa shape index (κ1) is 15.8. The van der Waals surface area contributed by atoms with Crippen LogP contribution in [0.3, 0.4) is 0 Å². The average molecular weight is 294 g/mol. The lowest BCUT2D eigenvalue weighted by molar-refractivity contribution is -0.113. The number of benzene rings is 1. The number of primary amides is 1. The van der Waals surface area contributed by atoms with Gasteiger partial charge in [-0.25, -0.2) is 0 Å². The van der Waals surface area contributed by atoms with E-state index in [1.54, 1.807) is 24.3 Å². The molecule has 0 unspecified atom stereocenters. The maximum Gasteiger partial charge on any atom is 0.242 e. The van der Waals surface area contributed by atoms with E-state index < -0.39 is 16.9 Å². The zero-order valence-electron chi connectivity index (χ0n) is 12.5. The summed E-state index contributed by atoms with van der Waals surface area (Å²) in [5.41, 5.74) is 3.85. The summed E-state index contributed by atoms with van der Waals surface area (Å²) < 4.78 is 0. The van der Waals surface area contributed by atoms with E-state index in [4.69, 9.17) is 5.73 Å². The summed E-state index contributed by atoms with van der Waals surface area (Å²) in [7, 11) is 0. The largest absolute Gasteiger partial charge is 0.372 e. The molecule has 0 spiro atoms. The second-order valence-corrected chi connectivity index (χ2v) is 5.45. The molecule has 2 rings (SSSR count). The Hall–Kier alpha value is -2.56. The highest BCUT2D eigenvalue weighted by Crippen LogP contribution is 2.57. The molecule has 1 fully saturated rings. The van der Waals surface area contributed by atoms with Crippen molar-refractivity contribution in [2.45, 2.75) is 31.8 Å². The van der Waals surface area contributed by atoms with Crippen LogP contribution in [0.1, 0.15) is 31.7 Å². The number of carbonyl (C=O) groups excluding carboxylic acids is 1. The minimum absolute atomic E-state index is 0.528. The van der Waals surface area contributed by atoms with Gasteiger partial charge in [-0.2, -0.15) is 5.26 Å². The van der Waals surface area contributed by atoms with Gasteiger partial charge in [0.05, 0.1) is 6.07 Å². The normalized spacial score (nSPS) is 18.3. The van der Waals surface area contributed by atoms with Crippen molar-refractivity contribution in [3.63, 3.8) is 0 Å². The lowest BCUT2D eigenvalue weighted by Gasteiger charge is -2.27. The van der Waals surface area contributed by atoms with E-state index in [0.717, 1.165) is 0 Å². The molecule has 1 aromatic rings. The van der Waals surface area contributed by atoms with Gasteiger partial charge in [-0.05, 0) is 24.8 Å². The number of nitrogens with two attached hydrogens (primary N) is 1. The van der Waals surface area contributed by atoms with Crippen molar-refractivity contribution >= 4 is 5.91 Å². The van der Waals surface area contributed by atoms with Crippen LogP contribution < -0.4 is 5.73 Å². The highest BCUT2D eigenvalue weighted by molar-refractivity contribution is 5.87. The average Bonchev–Trinajstić information content (AvgIpc) is 3.33. The second kappa shape index (κ2) is 6.05. The van der Waals surface area contributed by atoms with Gasteiger partial charge in [0.25, 0.3) is 0 Å². The monoisotopic (exact) mass is 294 g/mol. The number of amides is 1. The number of aliphatic hydroxyl groups is 1. The Morgan fingerprint density at radius 1 is 1.45 bits per heavy atom. The number of allylic oxidation sites excluding steroid dienone is 1. The first-order valence-electron chi connectivity index (χ1n) is 7.20. The molecular weight excluding hydrogens is 276 g/mol. The molecule has 0 bridgehead atoms. The van der Waals surface area contributed by atoms with Gasteiger partial charge in [-0.1, -0.05) is 49.1 Å². The maximum absolute atomic E-state index is 11.1. The zero-order valence-corrected chi connectivity index (χ0v) is 12.5. The van der Waals surface area contributed by atoms with Gasteiger partial charge in [0, 0.05) is 11.6 Å². The molecule has 1 saturated carbocycles. The predicted octanol–water partition coefficient (Wildman–Crippen LogP) is 2.00. The van der Waals surface area contributed by atoms with E-state index in [1.165, 1.54) is 6.08 Å². The fourth-order valence-electron chi connectivity index (χ4n) is 2.40. The minimum Gasteiger partial charge on any atom is -0.372 e. The van der Waals surface area contributed by atoms with Crippen molar-refractivity contribution in [3.05, 3.63) is 47.5 Å². The van der Waals surface area contributed by atoms with E-state index in [9.17, 15) is 15.2 Å². The second-order valence-electron chi connectivity index (χ2n) is 5.45. The summed E-state index contributed by atoms with van der Waals surface area (Å²) >= 11 is 0. The number of carbonyl (C=O) groups is 1. The predicted molar refractivity (Wildman–Crippen MR) is 83.0 cm³/mol. The molecule has 22 heavy (non-hydrogen) atoms. The van der Waals surface area contributed by atoms with Crippen LogP contribution in [0.25, 0.3) is 0 Å². The van der Waals surface area contributed by atoms with Gasteiger partial charge >= 0.3 is 0 Å². The summed E-state index contributed by atoms with van der Waals surface area (Å²) in [6.07, 6.45) is 2.99. The lowest BCUT2D eigenvalue weighted by atomic mass is 9.79. The molecule has 0 aromatic heterocycles. The summed E-state index contributed by atoms with van der Waals surface area (Å²) in [4.78, 5) is 11.0. The van der Waals surface area contributed by atoms with E-state index in [0.29, 0.717) is 30.4 Å². The molecule has 0 radical (unpaired) electrons. The molecule has 112 valence electrons. The van der Waals surface area contributed by atoms with Gasteiger partial charge in [-0.3, -0.25) is 4.79 Å². The van der Waals surface area contributed by atoms with Gasteiger partial charge in [0.2, 0.25) is 5.91 Å². The maximum atomic E-state index is 11.1. The fraction of sp³-hybridized carbons (Fsp3) is 0.333.